The Bertz CT molecular complexity index is 362. The van der Waals surface area contributed by atoms with Gasteiger partial charge in [0.2, 0.25) is 0 Å². The number of carboxylic acids is 1. The summed E-state index contributed by atoms with van der Waals surface area (Å²) in [7, 11) is 2.75. The number of aliphatic hydroxyl groups is 1. The molecule has 0 aliphatic heterocycles. The predicted molar refractivity (Wildman–Crippen MR) is 52.1 cm³/mol. The molecule has 15 heavy (non-hydrogen) atoms. The Morgan fingerprint density at radius 3 is 2.53 bits per heavy atom. The first-order chi connectivity index (χ1) is 7.10. The number of methoxy groups -OCH3 is 2. The van der Waals surface area contributed by atoms with Crippen molar-refractivity contribution < 1.29 is 24.5 Å². The van der Waals surface area contributed by atoms with Crippen LogP contribution < -0.4 is 0 Å². The Hall–Kier alpha value is -1.91. The van der Waals surface area contributed by atoms with Crippen LogP contribution in [0.2, 0.25) is 0 Å². The Morgan fingerprint density at radius 2 is 2.07 bits per heavy atom. The van der Waals surface area contributed by atoms with Crippen LogP contribution in [0.3, 0.4) is 0 Å². The third-order valence-electron chi connectivity index (χ3n) is 2.00. The lowest BCUT2D eigenvalue weighted by atomic mass is 10.2. The Labute approximate surface area is 86.9 Å². The van der Waals surface area contributed by atoms with Crippen molar-refractivity contribution in [1.29, 1.82) is 0 Å². The Morgan fingerprint density at radius 1 is 1.40 bits per heavy atom. The molecule has 0 fully saturated rings. The third-order valence-corrected chi connectivity index (χ3v) is 2.00. The van der Waals surface area contributed by atoms with Crippen molar-refractivity contribution in [2.45, 2.75) is 6.42 Å². The molecule has 0 unspecified atom stereocenters. The second-order valence-electron chi connectivity index (χ2n) is 2.86. The molecule has 0 aromatic heterocycles. The summed E-state index contributed by atoms with van der Waals surface area (Å²) in [6.45, 7) is 0. The fourth-order valence-electron chi connectivity index (χ4n) is 1.19. The molecule has 1 rings (SSSR count). The highest BCUT2D eigenvalue weighted by atomic mass is 16.5. The van der Waals surface area contributed by atoms with Gasteiger partial charge in [-0.05, 0) is 6.08 Å². The van der Waals surface area contributed by atoms with E-state index in [1.54, 1.807) is 0 Å². The molecule has 0 aromatic rings. The summed E-state index contributed by atoms with van der Waals surface area (Å²) in [5, 5.41) is 18.5. The van der Waals surface area contributed by atoms with E-state index in [1.807, 2.05) is 0 Å². The number of rotatable bonds is 3. The number of allylic oxidation sites excluding steroid dienone is 1. The minimum Gasteiger partial charge on any atom is -0.502 e. The van der Waals surface area contributed by atoms with Gasteiger partial charge in [0.1, 0.15) is 5.76 Å². The molecule has 0 spiro atoms. The average molecular weight is 212 g/mol. The smallest absolute Gasteiger partial charge is 0.335 e. The number of carboxylic acid groups (broad SMARTS) is 1. The standard InChI is InChI=1S/C10H12O5/c1-14-7-4-3-6(10(12)13)5-8(15-2)9(7)11/h3,5,11H,4H2,1-2H3,(H,12,13). The zero-order valence-electron chi connectivity index (χ0n) is 8.48. The lowest BCUT2D eigenvalue weighted by Gasteiger charge is -2.07. The third kappa shape index (κ3) is 2.31. The van der Waals surface area contributed by atoms with E-state index in [9.17, 15) is 9.90 Å². The van der Waals surface area contributed by atoms with E-state index >= 15 is 0 Å². The van der Waals surface area contributed by atoms with Crippen LogP contribution in [0, 0.1) is 0 Å². The molecule has 1 aliphatic carbocycles. The molecule has 0 saturated carbocycles. The normalized spacial score (nSPS) is 16.4. The van der Waals surface area contributed by atoms with Gasteiger partial charge in [-0.2, -0.15) is 0 Å². The van der Waals surface area contributed by atoms with E-state index in [0.29, 0.717) is 0 Å². The van der Waals surface area contributed by atoms with E-state index in [-0.39, 0.29) is 29.3 Å². The van der Waals surface area contributed by atoms with E-state index < -0.39 is 5.97 Å². The average Bonchev–Trinajstić information content (AvgIpc) is 2.37. The van der Waals surface area contributed by atoms with Crippen LogP contribution in [0.25, 0.3) is 0 Å². The molecule has 82 valence electrons. The second-order valence-corrected chi connectivity index (χ2v) is 2.86. The lowest BCUT2D eigenvalue weighted by Crippen LogP contribution is -2.00. The van der Waals surface area contributed by atoms with Gasteiger partial charge in [0, 0.05) is 6.42 Å². The molecule has 0 bridgehead atoms. The maximum absolute atomic E-state index is 10.8. The number of carbonyl (C=O) groups is 1. The van der Waals surface area contributed by atoms with Crippen molar-refractivity contribution >= 4 is 5.97 Å². The van der Waals surface area contributed by atoms with E-state index in [2.05, 4.69) is 0 Å². The molecule has 5 heteroatoms. The first kappa shape index (κ1) is 11.2. The van der Waals surface area contributed by atoms with Crippen molar-refractivity contribution in [1.82, 2.24) is 0 Å². The van der Waals surface area contributed by atoms with Gasteiger partial charge in [0.05, 0.1) is 19.8 Å². The van der Waals surface area contributed by atoms with Gasteiger partial charge in [-0.3, -0.25) is 0 Å². The summed E-state index contributed by atoms with van der Waals surface area (Å²) < 4.78 is 9.78. The van der Waals surface area contributed by atoms with Crippen LogP contribution in [-0.2, 0) is 14.3 Å². The quantitative estimate of drug-likeness (QED) is 0.738. The van der Waals surface area contributed by atoms with E-state index in [1.165, 1.54) is 26.4 Å². The fraction of sp³-hybridized carbons (Fsp3) is 0.300. The van der Waals surface area contributed by atoms with Crippen molar-refractivity contribution in [3.05, 3.63) is 35.0 Å². The van der Waals surface area contributed by atoms with Crippen molar-refractivity contribution in [2.24, 2.45) is 0 Å². The minimum atomic E-state index is -1.07. The summed E-state index contributed by atoms with van der Waals surface area (Å²) in [5.74, 6) is -0.889. The highest BCUT2D eigenvalue weighted by Gasteiger charge is 2.18. The van der Waals surface area contributed by atoms with Crippen LogP contribution >= 0.6 is 0 Å². The number of ether oxygens (including phenoxy) is 2. The molecule has 0 atom stereocenters. The monoisotopic (exact) mass is 212 g/mol. The van der Waals surface area contributed by atoms with Crippen molar-refractivity contribution in [2.75, 3.05) is 14.2 Å². The summed E-state index contributed by atoms with van der Waals surface area (Å²) in [4.78, 5) is 10.8. The van der Waals surface area contributed by atoms with Gasteiger partial charge in [-0.15, -0.1) is 0 Å². The molecule has 0 aromatic carbocycles. The molecular formula is C10H12O5. The number of aliphatic hydroxyl groups excluding tert-OH is 1. The fourth-order valence-corrected chi connectivity index (χ4v) is 1.19. The zero-order valence-corrected chi connectivity index (χ0v) is 8.48. The molecule has 0 radical (unpaired) electrons. The highest BCUT2D eigenvalue weighted by molar-refractivity contribution is 5.90. The molecule has 5 nitrogen and oxygen atoms in total. The number of aliphatic carboxylic acids is 1. The maximum Gasteiger partial charge on any atom is 0.335 e. The first-order valence-corrected chi connectivity index (χ1v) is 4.25. The van der Waals surface area contributed by atoms with Crippen LogP contribution in [-0.4, -0.2) is 30.4 Å². The SMILES string of the molecule is COC1=CC(C(=O)O)=CCC(OC)=C1O. The first-order valence-electron chi connectivity index (χ1n) is 4.25. The summed E-state index contributed by atoms with van der Waals surface area (Å²) in [6.07, 6.45) is 2.92. The zero-order chi connectivity index (χ0) is 11.4. The molecule has 0 saturated heterocycles. The van der Waals surface area contributed by atoms with Crippen LogP contribution in [0.4, 0.5) is 0 Å². The molecule has 1 aliphatic rings. The van der Waals surface area contributed by atoms with Crippen LogP contribution in [0.15, 0.2) is 35.0 Å². The molecule has 0 heterocycles. The molecule has 2 N–H and O–H groups in total. The van der Waals surface area contributed by atoms with E-state index in [4.69, 9.17) is 14.6 Å². The topological polar surface area (TPSA) is 76.0 Å². The lowest BCUT2D eigenvalue weighted by molar-refractivity contribution is -0.132. The van der Waals surface area contributed by atoms with Crippen LogP contribution in [0.5, 0.6) is 0 Å². The summed E-state index contributed by atoms with van der Waals surface area (Å²) >= 11 is 0. The largest absolute Gasteiger partial charge is 0.502 e. The van der Waals surface area contributed by atoms with Gasteiger partial charge in [-0.1, -0.05) is 6.08 Å². The number of hydrogen-bond donors (Lipinski definition) is 2. The minimum absolute atomic E-state index is 0.0606. The molecular weight excluding hydrogens is 200 g/mol. The maximum atomic E-state index is 10.8. The second kappa shape index (κ2) is 4.54. The highest BCUT2D eigenvalue weighted by Crippen LogP contribution is 2.22. The van der Waals surface area contributed by atoms with Gasteiger partial charge in [-0.25, -0.2) is 4.79 Å². The summed E-state index contributed by atoms with van der Waals surface area (Å²) in [6, 6.07) is 0. The molecule has 0 amide bonds. The van der Waals surface area contributed by atoms with Gasteiger partial charge in [0.15, 0.2) is 11.5 Å². The Kier molecular flexibility index (Phi) is 3.38. The predicted octanol–water partition coefficient (Wildman–Crippen LogP) is 1.35. The van der Waals surface area contributed by atoms with Crippen molar-refractivity contribution in [3.8, 4) is 0 Å². The van der Waals surface area contributed by atoms with Crippen molar-refractivity contribution in [3.63, 3.8) is 0 Å². The van der Waals surface area contributed by atoms with Gasteiger partial charge < -0.3 is 19.7 Å². The van der Waals surface area contributed by atoms with Gasteiger partial charge >= 0.3 is 5.97 Å². The summed E-state index contributed by atoms with van der Waals surface area (Å²) in [5.41, 5.74) is 0.0606. The van der Waals surface area contributed by atoms with E-state index in [0.717, 1.165) is 0 Å². The number of hydrogen-bond acceptors (Lipinski definition) is 4. The van der Waals surface area contributed by atoms with Crippen LogP contribution in [0.1, 0.15) is 6.42 Å². The Balaban J connectivity index is 3.14. The van der Waals surface area contributed by atoms with Gasteiger partial charge in [0.25, 0.3) is 0 Å².